The third-order valence-corrected chi connectivity index (χ3v) is 5.16. The van der Waals surface area contributed by atoms with Crippen molar-refractivity contribution in [1.82, 2.24) is 10.6 Å². The first-order valence-electron chi connectivity index (χ1n) is 8.21. The second-order valence-corrected chi connectivity index (χ2v) is 6.57. The number of carbonyl (C=O) groups is 1. The molecule has 1 heterocycles. The average molecular weight is 282 g/mol. The summed E-state index contributed by atoms with van der Waals surface area (Å²) in [6, 6.07) is 0.379. The summed E-state index contributed by atoms with van der Waals surface area (Å²) in [5.74, 6) is 1.02. The van der Waals surface area contributed by atoms with Crippen LogP contribution in [-0.4, -0.2) is 38.8 Å². The molecular weight excluding hydrogens is 252 g/mol. The van der Waals surface area contributed by atoms with Crippen LogP contribution in [0.4, 0.5) is 0 Å². The topological polar surface area (TPSA) is 50.4 Å². The first-order valence-corrected chi connectivity index (χ1v) is 8.21. The number of piperidine rings is 1. The summed E-state index contributed by atoms with van der Waals surface area (Å²) in [6.07, 6.45) is 7.89. The van der Waals surface area contributed by atoms with Gasteiger partial charge < -0.3 is 15.4 Å². The van der Waals surface area contributed by atoms with Crippen molar-refractivity contribution in [3.05, 3.63) is 0 Å². The van der Waals surface area contributed by atoms with E-state index in [0.29, 0.717) is 12.6 Å². The van der Waals surface area contributed by atoms with E-state index in [4.69, 9.17) is 4.74 Å². The van der Waals surface area contributed by atoms with Gasteiger partial charge in [0, 0.05) is 13.2 Å². The first-order chi connectivity index (χ1) is 9.70. The molecule has 0 bridgehead atoms. The van der Waals surface area contributed by atoms with Gasteiger partial charge in [0.15, 0.2) is 0 Å². The summed E-state index contributed by atoms with van der Waals surface area (Å²) in [5.41, 5.74) is -0.306. The van der Waals surface area contributed by atoms with E-state index < -0.39 is 0 Å². The number of methoxy groups -OCH3 is 1. The molecule has 2 N–H and O–H groups in total. The molecule has 20 heavy (non-hydrogen) atoms. The van der Waals surface area contributed by atoms with Crippen molar-refractivity contribution in [1.29, 1.82) is 0 Å². The summed E-state index contributed by atoms with van der Waals surface area (Å²) >= 11 is 0. The number of rotatable bonds is 5. The zero-order valence-corrected chi connectivity index (χ0v) is 13.0. The van der Waals surface area contributed by atoms with Gasteiger partial charge in [0.25, 0.3) is 0 Å². The number of amides is 1. The fraction of sp³-hybridized carbons (Fsp3) is 0.938. The molecule has 0 spiro atoms. The fourth-order valence-corrected chi connectivity index (χ4v) is 3.75. The van der Waals surface area contributed by atoms with Crippen molar-refractivity contribution in [3.63, 3.8) is 0 Å². The second-order valence-electron chi connectivity index (χ2n) is 6.57. The lowest BCUT2D eigenvalue weighted by Crippen LogP contribution is -2.53. The zero-order valence-electron chi connectivity index (χ0n) is 13.0. The van der Waals surface area contributed by atoms with Gasteiger partial charge in [-0.3, -0.25) is 4.79 Å². The van der Waals surface area contributed by atoms with Crippen LogP contribution in [0.2, 0.25) is 0 Å². The predicted octanol–water partition coefficient (Wildman–Crippen LogP) is 2.09. The van der Waals surface area contributed by atoms with Gasteiger partial charge in [-0.25, -0.2) is 0 Å². The van der Waals surface area contributed by atoms with E-state index in [9.17, 15) is 4.79 Å². The van der Waals surface area contributed by atoms with E-state index in [1.807, 2.05) is 0 Å². The van der Waals surface area contributed by atoms with Crippen LogP contribution in [-0.2, 0) is 9.53 Å². The summed E-state index contributed by atoms with van der Waals surface area (Å²) in [6.45, 7) is 4.64. The highest BCUT2D eigenvalue weighted by Gasteiger charge is 2.40. The van der Waals surface area contributed by atoms with Crippen molar-refractivity contribution in [2.45, 2.75) is 57.9 Å². The Bertz CT molecular complexity index is 308. The Balaban J connectivity index is 1.94. The minimum atomic E-state index is -0.306. The molecule has 4 nitrogen and oxygen atoms in total. The average Bonchev–Trinajstić information content (AvgIpc) is 2.48. The molecule has 1 saturated carbocycles. The van der Waals surface area contributed by atoms with Gasteiger partial charge >= 0.3 is 0 Å². The third kappa shape index (κ3) is 3.73. The van der Waals surface area contributed by atoms with Gasteiger partial charge in [-0.05, 0) is 44.7 Å². The van der Waals surface area contributed by atoms with Crippen LogP contribution in [0.25, 0.3) is 0 Å². The number of hydrogen-bond acceptors (Lipinski definition) is 3. The summed E-state index contributed by atoms with van der Waals surface area (Å²) in [5, 5.41) is 6.67. The molecular formula is C16H30N2O2. The SMILES string of the molecule is CCC1CCCC(NC(=O)C2(COC)CCNCC2)C1. The Hall–Kier alpha value is -0.610. The van der Waals surface area contributed by atoms with Gasteiger partial charge in [-0.2, -0.15) is 0 Å². The van der Waals surface area contributed by atoms with Crippen molar-refractivity contribution in [2.75, 3.05) is 26.8 Å². The van der Waals surface area contributed by atoms with Gasteiger partial charge in [0.05, 0.1) is 12.0 Å². The van der Waals surface area contributed by atoms with Gasteiger partial charge in [-0.15, -0.1) is 0 Å². The lowest BCUT2D eigenvalue weighted by Gasteiger charge is -2.38. The van der Waals surface area contributed by atoms with E-state index in [1.54, 1.807) is 7.11 Å². The standard InChI is InChI=1S/C16H30N2O2/c1-3-13-5-4-6-14(11-13)18-15(19)16(12-20-2)7-9-17-10-8-16/h13-14,17H,3-12H2,1-2H3,(H,18,19). The van der Waals surface area contributed by atoms with Crippen molar-refractivity contribution in [2.24, 2.45) is 11.3 Å². The van der Waals surface area contributed by atoms with E-state index in [2.05, 4.69) is 17.6 Å². The molecule has 2 fully saturated rings. The van der Waals surface area contributed by atoms with Crippen molar-refractivity contribution < 1.29 is 9.53 Å². The third-order valence-electron chi connectivity index (χ3n) is 5.16. The molecule has 2 rings (SSSR count). The summed E-state index contributed by atoms with van der Waals surface area (Å²) in [4.78, 5) is 12.8. The van der Waals surface area contributed by atoms with Crippen LogP contribution >= 0.6 is 0 Å². The van der Waals surface area contributed by atoms with Crippen LogP contribution in [0.15, 0.2) is 0 Å². The van der Waals surface area contributed by atoms with Crippen LogP contribution in [0.3, 0.4) is 0 Å². The fourth-order valence-electron chi connectivity index (χ4n) is 3.75. The molecule has 2 atom stereocenters. The molecule has 4 heteroatoms. The quantitative estimate of drug-likeness (QED) is 0.812. The minimum absolute atomic E-state index is 0.225. The minimum Gasteiger partial charge on any atom is -0.384 e. The normalized spacial score (nSPS) is 29.9. The predicted molar refractivity (Wildman–Crippen MR) is 80.6 cm³/mol. The zero-order chi connectivity index (χ0) is 14.4. The van der Waals surface area contributed by atoms with E-state index >= 15 is 0 Å². The maximum atomic E-state index is 12.8. The highest BCUT2D eigenvalue weighted by Crippen LogP contribution is 2.31. The van der Waals surface area contributed by atoms with Gasteiger partial charge in [0.1, 0.15) is 0 Å². The summed E-state index contributed by atoms with van der Waals surface area (Å²) < 4.78 is 5.35. The van der Waals surface area contributed by atoms with E-state index in [-0.39, 0.29) is 11.3 Å². The number of nitrogens with one attached hydrogen (secondary N) is 2. The molecule has 0 aromatic carbocycles. The lowest BCUT2D eigenvalue weighted by atomic mass is 9.77. The van der Waals surface area contributed by atoms with E-state index in [0.717, 1.165) is 44.7 Å². The van der Waals surface area contributed by atoms with Crippen LogP contribution in [0, 0.1) is 11.3 Å². The number of hydrogen-bond donors (Lipinski definition) is 2. The largest absolute Gasteiger partial charge is 0.384 e. The Morgan fingerprint density at radius 3 is 2.75 bits per heavy atom. The molecule has 2 unspecified atom stereocenters. The monoisotopic (exact) mass is 282 g/mol. The Morgan fingerprint density at radius 2 is 2.10 bits per heavy atom. The Morgan fingerprint density at radius 1 is 1.35 bits per heavy atom. The lowest BCUT2D eigenvalue weighted by molar-refractivity contribution is -0.137. The highest BCUT2D eigenvalue weighted by molar-refractivity contribution is 5.83. The highest BCUT2D eigenvalue weighted by atomic mass is 16.5. The molecule has 0 aromatic rings. The molecule has 116 valence electrons. The Labute approximate surface area is 123 Å². The second kappa shape index (κ2) is 7.41. The van der Waals surface area contributed by atoms with Gasteiger partial charge in [-0.1, -0.05) is 26.2 Å². The molecule has 1 amide bonds. The maximum Gasteiger partial charge on any atom is 0.228 e. The summed E-state index contributed by atoms with van der Waals surface area (Å²) in [7, 11) is 1.70. The maximum absolute atomic E-state index is 12.8. The molecule has 0 radical (unpaired) electrons. The van der Waals surface area contributed by atoms with Crippen LogP contribution in [0.1, 0.15) is 51.9 Å². The van der Waals surface area contributed by atoms with Crippen molar-refractivity contribution in [3.8, 4) is 0 Å². The smallest absolute Gasteiger partial charge is 0.228 e. The van der Waals surface area contributed by atoms with E-state index in [1.165, 1.54) is 19.3 Å². The first kappa shape index (κ1) is 15.8. The number of ether oxygens (including phenoxy) is 1. The van der Waals surface area contributed by atoms with Crippen molar-refractivity contribution >= 4 is 5.91 Å². The molecule has 0 aromatic heterocycles. The van der Waals surface area contributed by atoms with Crippen LogP contribution in [0.5, 0.6) is 0 Å². The molecule has 1 saturated heterocycles. The van der Waals surface area contributed by atoms with Gasteiger partial charge in [0.2, 0.25) is 5.91 Å². The molecule has 2 aliphatic rings. The Kier molecular flexibility index (Phi) is 5.85. The molecule has 1 aliphatic carbocycles. The molecule has 1 aliphatic heterocycles. The number of carbonyl (C=O) groups excluding carboxylic acids is 1. The van der Waals surface area contributed by atoms with Crippen LogP contribution < -0.4 is 10.6 Å².